The number of carbonyl (C=O) groups is 1. The highest BCUT2D eigenvalue weighted by molar-refractivity contribution is 5.95. The van der Waals surface area contributed by atoms with E-state index >= 15 is 0 Å². The van der Waals surface area contributed by atoms with Gasteiger partial charge in [-0.05, 0) is 61.7 Å². The Kier molecular flexibility index (Phi) is 6.60. The van der Waals surface area contributed by atoms with Gasteiger partial charge >= 0.3 is 6.18 Å². The first kappa shape index (κ1) is 23.1. The summed E-state index contributed by atoms with van der Waals surface area (Å²) in [5.41, 5.74) is 6.20. The second-order valence-corrected chi connectivity index (χ2v) is 8.25. The molecule has 1 amide bonds. The Balaban J connectivity index is 1.27. The molecule has 1 aliphatic rings. The summed E-state index contributed by atoms with van der Waals surface area (Å²) in [6.45, 7) is 3.13. The highest BCUT2D eigenvalue weighted by Gasteiger charge is 2.32. The number of benzene rings is 2. The Morgan fingerprint density at radius 3 is 2.48 bits per heavy atom. The van der Waals surface area contributed by atoms with Gasteiger partial charge in [-0.3, -0.25) is 9.69 Å². The highest BCUT2D eigenvalue weighted by Crippen LogP contribution is 2.33. The standard InChI is InChI=1S/C24H25F4N3O2/c25-19-8-7-17(24(26,27)28)14-20(19)31-12-10-30(11-13-31)9-2-1-4-16-5-3-6-21-18(16)15-22(33-21)23(29)32/h3,5-8,14-15H,1-2,4,9-13H2,(H2,29,32). The Morgan fingerprint density at radius 1 is 1.03 bits per heavy atom. The van der Waals surface area contributed by atoms with Gasteiger partial charge in [-0.1, -0.05) is 12.1 Å². The van der Waals surface area contributed by atoms with Crippen molar-refractivity contribution in [1.29, 1.82) is 0 Å². The van der Waals surface area contributed by atoms with Gasteiger partial charge in [-0.25, -0.2) is 4.39 Å². The fourth-order valence-electron chi connectivity index (χ4n) is 4.26. The van der Waals surface area contributed by atoms with Crippen LogP contribution in [0, 0.1) is 5.82 Å². The maximum atomic E-state index is 14.2. The summed E-state index contributed by atoms with van der Waals surface area (Å²) in [6.07, 6.45) is -1.80. The van der Waals surface area contributed by atoms with Crippen molar-refractivity contribution in [2.45, 2.75) is 25.4 Å². The molecule has 0 bridgehead atoms. The Labute approximate surface area is 188 Å². The van der Waals surface area contributed by atoms with Crippen LogP contribution in [-0.2, 0) is 12.6 Å². The fraction of sp³-hybridized carbons (Fsp3) is 0.375. The van der Waals surface area contributed by atoms with E-state index in [0.29, 0.717) is 31.8 Å². The van der Waals surface area contributed by atoms with Crippen LogP contribution in [0.3, 0.4) is 0 Å². The van der Waals surface area contributed by atoms with Crippen LogP contribution in [0.1, 0.15) is 34.5 Å². The number of anilines is 1. The molecule has 2 N–H and O–H groups in total. The third-order valence-corrected chi connectivity index (χ3v) is 6.05. The number of halogens is 4. The quantitative estimate of drug-likeness (QED) is 0.403. The molecule has 176 valence electrons. The number of primary amides is 1. The molecule has 0 atom stereocenters. The monoisotopic (exact) mass is 463 g/mol. The molecule has 0 spiro atoms. The van der Waals surface area contributed by atoms with Crippen LogP contribution in [0.2, 0.25) is 0 Å². The van der Waals surface area contributed by atoms with E-state index in [2.05, 4.69) is 4.90 Å². The van der Waals surface area contributed by atoms with Gasteiger partial charge in [0.1, 0.15) is 11.4 Å². The second kappa shape index (κ2) is 9.43. The summed E-state index contributed by atoms with van der Waals surface area (Å²) < 4.78 is 58.5. The van der Waals surface area contributed by atoms with Gasteiger partial charge in [0.15, 0.2) is 5.76 Å². The lowest BCUT2D eigenvalue weighted by molar-refractivity contribution is -0.137. The van der Waals surface area contributed by atoms with Crippen LogP contribution >= 0.6 is 0 Å². The normalized spacial score (nSPS) is 15.3. The molecule has 4 rings (SSSR count). The minimum Gasteiger partial charge on any atom is -0.451 e. The van der Waals surface area contributed by atoms with Gasteiger partial charge in [0.05, 0.1) is 11.3 Å². The van der Waals surface area contributed by atoms with Crippen LogP contribution in [0.4, 0.5) is 23.2 Å². The van der Waals surface area contributed by atoms with E-state index in [0.717, 1.165) is 55.0 Å². The number of alkyl halides is 3. The Bertz CT molecular complexity index is 1130. The summed E-state index contributed by atoms with van der Waals surface area (Å²) in [7, 11) is 0. The lowest BCUT2D eigenvalue weighted by Gasteiger charge is -2.36. The topological polar surface area (TPSA) is 62.7 Å². The summed E-state index contributed by atoms with van der Waals surface area (Å²) in [5, 5.41) is 0.892. The van der Waals surface area contributed by atoms with Crippen molar-refractivity contribution in [2.24, 2.45) is 5.73 Å². The van der Waals surface area contributed by atoms with Gasteiger partial charge < -0.3 is 15.1 Å². The van der Waals surface area contributed by atoms with Crippen LogP contribution in [-0.4, -0.2) is 43.5 Å². The zero-order chi connectivity index (χ0) is 23.6. The van der Waals surface area contributed by atoms with E-state index in [9.17, 15) is 22.4 Å². The third kappa shape index (κ3) is 5.30. The smallest absolute Gasteiger partial charge is 0.416 e. The molecule has 0 aliphatic carbocycles. The molecule has 1 saturated heterocycles. The summed E-state index contributed by atoms with van der Waals surface area (Å²) in [6, 6.07) is 9.93. The lowest BCUT2D eigenvalue weighted by atomic mass is 10.0. The number of unbranched alkanes of at least 4 members (excludes halogenated alkanes) is 1. The van der Waals surface area contributed by atoms with Crippen molar-refractivity contribution in [2.75, 3.05) is 37.6 Å². The Morgan fingerprint density at radius 2 is 1.79 bits per heavy atom. The van der Waals surface area contributed by atoms with Crippen molar-refractivity contribution >= 4 is 22.6 Å². The SMILES string of the molecule is NC(=O)c1cc2c(CCCCN3CCN(c4cc(C(F)(F)F)ccc4F)CC3)cccc2o1. The predicted octanol–water partition coefficient (Wildman–Crippen LogP) is 4.83. The average Bonchev–Trinajstić information content (AvgIpc) is 3.22. The number of hydrogen-bond acceptors (Lipinski definition) is 4. The van der Waals surface area contributed by atoms with Gasteiger partial charge in [0.2, 0.25) is 0 Å². The Hall–Kier alpha value is -3.07. The predicted molar refractivity (Wildman–Crippen MR) is 118 cm³/mol. The number of nitrogens with zero attached hydrogens (tertiary/aromatic N) is 2. The van der Waals surface area contributed by atoms with E-state index in [1.807, 2.05) is 12.1 Å². The number of rotatable bonds is 7. The molecular weight excluding hydrogens is 438 g/mol. The number of amides is 1. The van der Waals surface area contributed by atoms with Crippen LogP contribution < -0.4 is 10.6 Å². The molecule has 5 nitrogen and oxygen atoms in total. The number of fused-ring (bicyclic) bond motifs is 1. The largest absolute Gasteiger partial charge is 0.451 e. The number of nitrogens with two attached hydrogens (primary N) is 1. The molecular formula is C24H25F4N3O2. The zero-order valence-electron chi connectivity index (χ0n) is 18.0. The van der Waals surface area contributed by atoms with Gasteiger partial charge in [0, 0.05) is 31.6 Å². The summed E-state index contributed by atoms with van der Waals surface area (Å²) in [4.78, 5) is 15.3. The van der Waals surface area contributed by atoms with Crippen molar-refractivity contribution in [3.05, 3.63) is 65.2 Å². The van der Waals surface area contributed by atoms with E-state index in [1.54, 1.807) is 17.0 Å². The van der Waals surface area contributed by atoms with Crippen molar-refractivity contribution in [1.82, 2.24) is 4.90 Å². The van der Waals surface area contributed by atoms with Gasteiger partial charge in [-0.15, -0.1) is 0 Å². The lowest BCUT2D eigenvalue weighted by Crippen LogP contribution is -2.47. The summed E-state index contributed by atoms with van der Waals surface area (Å²) in [5.74, 6) is -1.09. The number of aryl methyl sites for hydroxylation is 1. The maximum Gasteiger partial charge on any atom is 0.416 e. The highest BCUT2D eigenvalue weighted by atomic mass is 19.4. The first-order valence-electron chi connectivity index (χ1n) is 10.9. The van der Waals surface area contributed by atoms with E-state index in [1.165, 1.54) is 0 Å². The minimum atomic E-state index is -4.49. The number of furan rings is 1. The molecule has 2 heterocycles. The average molecular weight is 463 g/mol. The third-order valence-electron chi connectivity index (χ3n) is 6.05. The maximum absolute atomic E-state index is 14.2. The number of carbonyl (C=O) groups excluding carboxylic acids is 1. The molecule has 2 aromatic carbocycles. The number of hydrogen-bond donors (Lipinski definition) is 1. The molecule has 0 radical (unpaired) electrons. The van der Waals surface area contributed by atoms with Crippen molar-refractivity contribution < 1.29 is 26.8 Å². The van der Waals surface area contributed by atoms with E-state index in [4.69, 9.17) is 10.2 Å². The van der Waals surface area contributed by atoms with Crippen LogP contribution in [0.15, 0.2) is 46.9 Å². The molecule has 3 aromatic rings. The first-order valence-corrected chi connectivity index (χ1v) is 10.9. The van der Waals surface area contributed by atoms with Crippen molar-refractivity contribution in [3.63, 3.8) is 0 Å². The molecule has 0 unspecified atom stereocenters. The summed E-state index contributed by atoms with van der Waals surface area (Å²) >= 11 is 0. The molecule has 1 fully saturated rings. The minimum absolute atomic E-state index is 0.00742. The molecule has 1 aromatic heterocycles. The zero-order valence-corrected chi connectivity index (χ0v) is 18.0. The van der Waals surface area contributed by atoms with E-state index in [-0.39, 0.29) is 11.4 Å². The molecule has 9 heteroatoms. The van der Waals surface area contributed by atoms with Crippen molar-refractivity contribution in [3.8, 4) is 0 Å². The number of piperazine rings is 1. The molecule has 1 aliphatic heterocycles. The van der Waals surface area contributed by atoms with Gasteiger partial charge in [-0.2, -0.15) is 13.2 Å². The second-order valence-electron chi connectivity index (χ2n) is 8.25. The van der Waals surface area contributed by atoms with Crippen LogP contribution in [0.25, 0.3) is 11.0 Å². The van der Waals surface area contributed by atoms with E-state index < -0.39 is 23.5 Å². The first-order chi connectivity index (χ1) is 15.7. The fourth-order valence-corrected chi connectivity index (χ4v) is 4.26. The van der Waals surface area contributed by atoms with Crippen LogP contribution in [0.5, 0.6) is 0 Å². The molecule has 0 saturated carbocycles. The molecule has 33 heavy (non-hydrogen) atoms. The van der Waals surface area contributed by atoms with Gasteiger partial charge in [0.25, 0.3) is 5.91 Å².